The largest absolute Gasteiger partial charge is 0.308 e. The maximum absolute atomic E-state index is 4.35. The fraction of sp³-hybridized carbons (Fsp3) is 0.308. The van der Waals surface area contributed by atoms with E-state index in [0.717, 1.165) is 24.0 Å². The molecule has 0 saturated heterocycles. The van der Waals surface area contributed by atoms with Gasteiger partial charge in [0.15, 0.2) is 0 Å². The predicted molar refractivity (Wildman–Crippen MR) is 76.6 cm³/mol. The summed E-state index contributed by atoms with van der Waals surface area (Å²) in [5.41, 5.74) is 3.35. The number of aromatic amines is 1. The van der Waals surface area contributed by atoms with Crippen LogP contribution in [-0.4, -0.2) is 16.2 Å². The van der Waals surface area contributed by atoms with Gasteiger partial charge in [-0.2, -0.15) is 5.10 Å². The average Bonchev–Trinajstić information content (AvgIpc) is 3.06. The van der Waals surface area contributed by atoms with Crippen molar-refractivity contribution in [2.24, 2.45) is 0 Å². The fourth-order valence-electron chi connectivity index (χ4n) is 1.76. The van der Waals surface area contributed by atoms with Crippen LogP contribution in [0.4, 0.5) is 0 Å². The highest BCUT2D eigenvalue weighted by Crippen LogP contribution is 2.21. The highest BCUT2D eigenvalue weighted by atomic mass is 127. The van der Waals surface area contributed by atoms with Crippen molar-refractivity contribution in [1.29, 1.82) is 0 Å². The lowest BCUT2D eigenvalue weighted by molar-refractivity contribution is 0.672. The number of halogens is 1. The van der Waals surface area contributed by atoms with Gasteiger partial charge in [0.25, 0.3) is 0 Å². The molecule has 1 fully saturated rings. The van der Waals surface area contributed by atoms with Crippen molar-refractivity contribution in [2.45, 2.75) is 25.4 Å². The minimum Gasteiger partial charge on any atom is -0.308 e. The smallest absolute Gasteiger partial charge is 0.0924 e. The molecule has 1 aromatic heterocycles. The molecular formula is C13H14IN3. The van der Waals surface area contributed by atoms with Crippen LogP contribution in [0.2, 0.25) is 0 Å². The molecule has 0 radical (unpaired) electrons. The van der Waals surface area contributed by atoms with E-state index in [4.69, 9.17) is 0 Å². The lowest BCUT2D eigenvalue weighted by Gasteiger charge is -1.97. The van der Waals surface area contributed by atoms with Crippen LogP contribution in [0.5, 0.6) is 0 Å². The Hall–Kier alpha value is -0.880. The molecule has 17 heavy (non-hydrogen) atoms. The normalized spacial score (nSPS) is 15.1. The van der Waals surface area contributed by atoms with E-state index in [2.05, 4.69) is 68.4 Å². The van der Waals surface area contributed by atoms with E-state index in [9.17, 15) is 0 Å². The Bertz CT molecular complexity index is 500. The van der Waals surface area contributed by atoms with Gasteiger partial charge in [0, 0.05) is 27.4 Å². The monoisotopic (exact) mass is 339 g/mol. The van der Waals surface area contributed by atoms with Crippen LogP contribution in [-0.2, 0) is 6.54 Å². The van der Waals surface area contributed by atoms with E-state index >= 15 is 0 Å². The third kappa shape index (κ3) is 2.87. The maximum Gasteiger partial charge on any atom is 0.0924 e. The van der Waals surface area contributed by atoms with Crippen molar-refractivity contribution in [3.63, 3.8) is 0 Å². The molecule has 3 rings (SSSR count). The Kier molecular flexibility index (Phi) is 3.15. The molecular weight excluding hydrogens is 325 g/mol. The van der Waals surface area contributed by atoms with Crippen LogP contribution < -0.4 is 5.32 Å². The first-order valence-electron chi connectivity index (χ1n) is 5.85. The SMILES string of the molecule is Ic1ccc(-c2cc(CNC3CC3)[nH]n2)cc1. The van der Waals surface area contributed by atoms with Gasteiger partial charge in [-0.25, -0.2) is 0 Å². The average molecular weight is 339 g/mol. The third-order valence-corrected chi connectivity index (χ3v) is 3.65. The molecule has 0 bridgehead atoms. The molecule has 0 aliphatic heterocycles. The molecule has 4 heteroatoms. The number of nitrogens with zero attached hydrogens (tertiary/aromatic N) is 1. The lowest BCUT2D eigenvalue weighted by Crippen LogP contribution is -2.15. The second-order valence-electron chi connectivity index (χ2n) is 4.44. The number of aromatic nitrogens is 2. The van der Waals surface area contributed by atoms with Crippen LogP contribution in [0.1, 0.15) is 18.5 Å². The maximum atomic E-state index is 4.35. The van der Waals surface area contributed by atoms with E-state index in [0.29, 0.717) is 0 Å². The van der Waals surface area contributed by atoms with E-state index in [1.807, 2.05) is 0 Å². The van der Waals surface area contributed by atoms with Gasteiger partial charge < -0.3 is 5.32 Å². The summed E-state index contributed by atoms with van der Waals surface area (Å²) in [6.07, 6.45) is 2.64. The van der Waals surface area contributed by atoms with Crippen molar-refractivity contribution in [3.05, 3.63) is 39.6 Å². The van der Waals surface area contributed by atoms with Crippen LogP contribution in [0.3, 0.4) is 0 Å². The number of hydrogen-bond donors (Lipinski definition) is 2. The summed E-state index contributed by atoms with van der Waals surface area (Å²) in [7, 11) is 0. The highest BCUT2D eigenvalue weighted by Gasteiger charge is 2.20. The Morgan fingerprint density at radius 2 is 2.06 bits per heavy atom. The Balaban J connectivity index is 1.72. The van der Waals surface area contributed by atoms with Gasteiger partial charge in [0.05, 0.1) is 5.69 Å². The summed E-state index contributed by atoms with van der Waals surface area (Å²) >= 11 is 2.31. The zero-order valence-electron chi connectivity index (χ0n) is 9.41. The van der Waals surface area contributed by atoms with Gasteiger partial charge in [-0.3, -0.25) is 5.10 Å². The first-order chi connectivity index (χ1) is 8.31. The van der Waals surface area contributed by atoms with E-state index in [-0.39, 0.29) is 0 Å². The van der Waals surface area contributed by atoms with Crippen molar-refractivity contribution in [2.75, 3.05) is 0 Å². The first-order valence-corrected chi connectivity index (χ1v) is 6.93. The van der Waals surface area contributed by atoms with Crippen molar-refractivity contribution >= 4 is 22.6 Å². The molecule has 1 saturated carbocycles. The van der Waals surface area contributed by atoms with Gasteiger partial charge in [-0.1, -0.05) is 12.1 Å². The Morgan fingerprint density at radius 1 is 1.29 bits per heavy atom. The number of nitrogens with one attached hydrogen (secondary N) is 2. The molecule has 2 N–H and O–H groups in total. The highest BCUT2D eigenvalue weighted by molar-refractivity contribution is 14.1. The molecule has 1 aromatic carbocycles. The molecule has 0 amide bonds. The van der Waals surface area contributed by atoms with Crippen LogP contribution in [0, 0.1) is 3.57 Å². The molecule has 0 spiro atoms. The quantitative estimate of drug-likeness (QED) is 0.841. The van der Waals surface area contributed by atoms with Crippen molar-refractivity contribution in [1.82, 2.24) is 15.5 Å². The lowest BCUT2D eigenvalue weighted by atomic mass is 10.1. The summed E-state index contributed by atoms with van der Waals surface area (Å²) in [5.74, 6) is 0. The van der Waals surface area contributed by atoms with Crippen molar-refractivity contribution < 1.29 is 0 Å². The van der Waals surface area contributed by atoms with Crippen LogP contribution >= 0.6 is 22.6 Å². The zero-order valence-corrected chi connectivity index (χ0v) is 11.6. The Labute approximate surface area is 114 Å². The third-order valence-electron chi connectivity index (χ3n) is 2.93. The summed E-state index contributed by atoms with van der Waals surface area (Å²) in [5, 5.41) is 10.9. The topological polar surface area (TPSA) is 40.7 Å². The Morgan fingerprint density at radius 3 is 2.76 bits per heavy atom. The van der Waals surface area contributed by atoms with E-state index < -0.39 is 0 Å². The molecule has 0 unspecified atom stereocenters. The van der Waals surface area contributed by atoms with Gasteiger partial charge in [-0.15, -0.1) is 0 Å². The van der Waals surface area contributed by atoms with Gasteiger partial charge >= 0.3 is 0 Å². The molecule has 0 atom stereocenters. The zero-order chi connectivity index (χ0) is 11.7. The summed E-state index contributed by atoms with van der Waals surface area (Å²) in [6, 6.07) is 11.3. The van der Waals surface area contributed by atoms with Gasteiger partial charge in [0.1, 0.15) is 0 Å². The summed E-state index contributed by atoms with van der Waals surface area (Å²) in [6.45, 7) is 0.891. The fourth-order valence-corrected chi connectivity index (χ4v) is 2.12. The number of rotatable bonds is 4. The number of H-pyrrole nitrogens is 1. The van der Waals surface area contributed by atoms with Gasteiger partial charge in [0.2, 0.25) is 0 Å². The predicted octanol–water partition coefficient (Wildman–Crippen LogP) is 2.93. The second-order valence-corrected chi connectivity index (χ2v) is 5.69. The molecule has 1 heterocycles. The molecule has 1 aliphatic rings. The molecule has 2 aromatic rings. The number of hydrogen-bond acceptors (Lipinski definition) is 2. The minimum atomic E-state index is 0.736. The summed E-state index contributed by atoms with van der Waals surface area (Å²) < 4.78 is 1.25. The minimum absolute atomic E-state index is 0.736. The van der Waals surface area contributed by atoms with Gasteiger partial charge in [-0.05, 0) is 53.6 Å². The number of benzene rings is 1. The van der Waals surface area contributed by atoms with E-state index in [1.165, 1.54) is 22.0 Å². The summed E-state index contributed by atoms with van der Waals surface area (Å²) in [4.78, 5) is 0. The standard InChI is InChI=1S/C13H14IN3/c14-10-3-1-9(2-4-10)13-7-12(16-17-13)8-15-11-5-6-11/h1-4,7,11,15H,5-6,8H2,(H,16,17). The second kappa shape index (κ2) is 4.78. The van der Waals surface area contributed by atoms with Crippen LogP contribution in [0.15, 0.2) is 30.3 Å². The molecule has 88 valence electrons. The molecule has 1 aliphatic carbocycles. The molecule has 3 nitrogen and oxygen atoms in total. The van der Waals surface area contributed by atoms with E-state index in [1.54, 1.807) is 0 Å². The first kappa shape index (κ1) is 11.2. The van der Waals surface area contributed by atoms with Crippen molar-refractivity contribution in [3.8, 4) is 11.3 Å². The van der Waals surface area contributed by atoms with Crippen LogP contribution in [0.25, 0.3) is 11.3 Å².